The van der Waals surface area contributed by atoms with E-state index in [2.05, 4.69) is 10.3 Å². The van der Waals surface area contributed by atoms with Gasteiger partial charge >= 0.3 is 0 Å². The van der Waals surface area contributed by atoms with Gasteiger partial charge in [-0.2, -0.15) is 0 Å². The van der Waals surface area contributed by atoms with Gasteiger partial charge in [-0.3, -0.25) is 4.79 Å². The Morgan fingerprint density at radius 2 is 2.04 bits per heavy atom. The van der Waals surface area contributed by atoms with E-state index in [0.29, 0.717) is 16.5 Å². The summed E-state index contributed by atoms with van der Waals surface area (Å²) in [4.78, 5) is 19.9. The van der Waals surface area contributed by atoms with Gasteiger partial charge in [0.2, 0.25) is 0 Å². The zero-order chi connectivity index (χ0) is 18.5. The van der Waals surface area contributed by atoms with E-state index < -0.39 is 0 Å². The summed E-state index contributed by atoms with van der Waals surface area (Å²) < 4.78 is 18.6. The topological polar surface area (TPSA) is 54.5 Å². The molecule has 1 saturated heterocycles. The zero-order valence-electron chi connectivity index (χ0n) is 15.1. The number of amides is 1. The number of benzene rings is 1. The average molecular weight is 377 g/mol. The van der Waals surface area contributed by atoms with Crippen LogP contribution in [0.25, 0.3) is 0 Å². The number of hydrogen-bond donors (Lipinski definition) is 1. The minimum Gasteiger partial charge on any atom is -0.486 e. The molecular weight excluding hydrogens is 353 g/mol. The number of halogens is 1. The Balaban J connectivity index is 1.59. The zero-order valence-corrected chi connectivity index (χ0v) is 15.9. The number of carbonyl (C=O) groups is 1. The van der Waals surface area contributed by atoms with E-state index in [1.165, 1.54) is 23.5 Å². The lowest BCUT2D eigenvalue weighted by Gasteiger charge is -2.31. The first-order chi connectivity index (χ1) is 12.6. The molecule has 3 rings (SSSR count). The van der Waals surface area contributed by atoms with Crippen LogP contribution in [-0.2, 0) is 6.61 Å². The van der Waals surface area contributed by atoms with Crippen LogP contribution < -0.4 is 10.1 Å². The first-order valence-corrected chi connectivity index (χ1v) is 9.67. The maximum Gasteiger partial charge on any atom is 0.265 e. The molecule has 0 atom stereocenters. The van der Waals surface area contributed by atoms with Crippen LogP contribution >= 0.6 is 11.3 Å². The van der Waals surface area contributed by atoms with Crippen molar-refractivity contribution in [1.29, 1.82) is 0 Å². The minimum absolute atomic E-state index is 0.0657. The molecule has 1 N–H and O–H groups in total. The summed E-state index contributed by atoms with van der Waals surface area (Å²) in [5.41, 5.74) is 0.745. The van der Waals surface area contributed by atoms with Gasteiger partial charge in [0.25, 0.3) is 5.91 Å². The van der Waals surface area contributed by atoms with Gasteiger partial charge in [-0.1, -0.05) is 0 Å². The van der Waals surface area contributed by atoms with Crippen LogP contribution in [0.3, 0.4) is 0 Å². The maximum absolute atomic E-state index is 12.9. The smallest absolute Gasteiger partial charge is 0.265 e. The first-order valence-electron chi connectivity index (χ1n) is 8.85. The van der Waals surface area contributed by atoms with Crippen molar-refractivity contribution in [1.82, 2.24) is 15.2 Å². The van der Waals surface area contributed by atoms with Crippen LogP contribution in [0.15, 0.2) is 24.3 Å². The van der Waals surface area contributed by atoms with Gasteiger partial charge in [-0.25, -0.2) is 9.37 Å². The fourth-order valence-corrected chi connectivity index (χ4v) is 4.11. The summed E-state index contributed by atoms with van der Waals surface area (Å²) in [6.07, 6.45) is 2.07. The average Bonchev–Trinajstić information content (AvgIpc) is 3.02. The molecule has 1 amide bonds. The summed E-state index contributed by atoms with van der Waals surface area (Å²) in [6, 6.07) is 5.87. The van der Waals surface area contributed by atoms with Crippen molar-refractivity contribution in [3.63, 3.8) is 0 Å². The third-order valence-corrected chi connectivity index (χ3v) is 5.72. The first kappa shape index (κ1) is 18.8. The summed E-state index contributed by atoms with van der Waals surface area (Å²) in [7, 11) is 1.97. The lowest BCUT2D eigenvalue weighted by molar-refractivity contribution is 0.0695. The van der Waals surface area contributed by atoms with E-state index in [4.69, 9.17) is 4.74 Å². The van der Waals surface area contributed by atoms with Crippen molar-refractivity contribution >= 4 is 17.2 Å². The molecule has 1 aromatic carbocycles. The van der Waals surface area contributed by atoms with Crippen molar-refractivity contribution in [2.45, 2.75) is 26.4 Å². The van der Waals surface area contributed by atoms with E-state index in [9.17, 15) is 9.18 Å². The Hall–Kier alpha value is -1.99. The molecule has 0 saturated carbocycles. The molecule has 0 aliphatic carbocycles. The number of nitrogens with zero attached hydrogens (tertiary/aromatic N) is 2. The van der Waals surface area contributed by atoms with E-state index >= 15 is 0 Å². The van der Waals surface area contributed by atoms with Crippen molar-refractivity contribution in [3.05, 3.63) is 45.7 Å². The van der Waals surface area contributed by atoms with E-state index in [0.717, 1.165) is 43.2 Å². The summed E-state index contributed by atoms with van der Waals surface area (Å²) >= 11 is 1.38. The molecule has 2 heterocycles. The van der Waals surface area contributed by atoms with Crippen LogP contribution in [0, 0.1) is 18.7 Å². The molecule has 1 aromatic heterocycles. The lowest BCUT2D eigenvalue weighted by Crippen LogP contribution is -2.40. The van der Waals surface area contributed by atoms with Gasteiger partial charge in [-0.15, -0.1) is 11.3 Å². The van der Waals surface area contributed by atoms with Gasteiger partial charge in [-0.05, 0) is 63.5 Å². The van der Waals surface area contributed by atoms with Crippen molar-refractivity contribution in [2.75, 3.05) is 26.7 Å². The monoisotopic (exact) mass is 377 g/mol. The number of carbonyl (C=O) groups excluding carboxylic acids is 1. The molecule has 0 radical (unpaired) electrons. The van der Waals surface area contributed by atoms with E-state index in [1.807, 2.05) is 18.9 Å². The van der Waals surface area contributed by atoms with Crippen molar-refractivity contribution < 1.29 is 13.9 Å². The molecule has 1 aliphatic heterocycles. The standard InChI is InChI=1S/C19H24FN3O2S/c1-13-18(19(24)23-9-7-14(8-10-23)11-21-2)26-17(22-13)12-25-16-5-3-15(20)4-6-16/h3-6,14,21H,7-12H2,1-2H3. The highest BCUT2D eigenvalue weighted by Crippen LogP contribution is 2.24. The van der Waals surface area contributed by atoms with Crippen LogP contribution in [0.1, 0.15) is 33.2 Å². The molecule has 140 valence electrons. The Morgan fingerprint density at radius 1 is 1.35 bits per heavy atom. The number of nitrogens with one attached hydrogen (secondary N) is 1. The number of rotatable bonds is 6. The fourth-order valence-electron chi connectivity index (χ4n) is 3.16. The number of aryl methyl sites for hydroxylation is 1. The molecule has 26 heavy (non-hydrogen) atoms. The third-order valence-electron chi connectivity index (χ3n) is 4.61. The number of piperidine rings is 1. The molecule has 0 spiro atoms. The molecule has 0 bridgehead atoms. The molecular formula is C19H24FN3O2S. The highest BCUT2D eigenvalue weighted by molar-refractivity contribution is 7.13. The summed E-state index contributed by atoms with van der Waals surface area (Å²) in [5.74, 6) is 0.995. The molecule has 0 unspecified atom stereocenters. The highest BCUT2D eigenvalue weighted by Gasteiger charge is 2.26. The number of hydrogen-bond acceptors (Lipinski definition) is 5. The van der Waals surface area contributed by atoms with Crippen LogP contribution in [0.5, 0.6) is 5.75 Å². The molecule has 1 fully saturated rings. The number of ether oxygens (including phenoxy) is 1. The number of thiazole rings is 1. The number of likely N-dealkylation sites (tertiary alicyclic amines) is 1. The number of aromatic nitrogens is 1. The summed E-state index contributed by atoms with van der Waals surface area (Å²) in [5, 5.41) is 3.96. The molecule has 1 aliphatic rings. The second-order valence-corrected chi connectivity index (χ2v) is 7.64. The predicted octanol–water partition coefficient (Wildman–Crippen LogP) is 3.24. The van der Waals surface area contributed by atoms with Crippen LogP contribution in [0.2, 0.25) is 0 Å². The SMILES string of the molecule is CNCC1CCN(C(=O)c2sc(COc3ccc(F)cc3)nc2C)CC1. The highest BCUT2D eigenvalue weighted by atomic mass is 32.1. The Labute approximate surface area is 157 Å². The normalized spacial score (nSPS) is 15.3. The Bertz CT molecular complexity index is 740. The molecule has 5 nitrogen and oxygen atoms in total. The largest absolute Gasteiger partial charge is 0.486 e. The fraction of sp³-hybridized carbons (Fsp3) is 0.474. The van der Waals surface area contributed by atoms with Crippen LogP contribution in [0.4, 0.5) is 4.39 Å². The van der Waals surface area contributed by atoms with Gasteiger partial charge in [0.1, 0.15) is 28.1 Å². The quantitative estimate of drug-likeness (QED) is 0.840. The van der Waals surface area contributed by atoms with Crippen molar-refractivity contribution in [3.8, 4) is 5.75 Å². The predicted molar refractivity (Wildman–Crippen MR) is 100 cm³/mol. The second kappa shape index (κ2) is 8.60. The van der Waals surface area contributed by atoms with E-state index in [1.54, 1.807) is 12.1 Å². The van der Waals surface area contributed by atoms with Crippen LogP contribution in [-0.4, -0.2) is 42.5 Å². The van der Waals surface area contributed by atoms with E-state index in [-0.39, 0.29) is 18.3 Å². The van der Waals surface area contributed by atoms with Gasteiger partial charge in [0.05, 0.1) is 5.69 Å². The third kappa shape index (κ3) is 4.59. The molecule has 2 aromatic rings. The Morgan fingerprint density at radius 3 is 2.69 bits per heavy atom. The Kier molecular flexibility index (Phi) is 6.21. The van der Waals surface area contributed by atoms with Gasteiger partial charge in [0.15, 0.2) is 0 Å². The van der Waals surface area contributed by atoms with Gasteiger partial charge in [0, 0.05) is 13.1 Å². The maximum atomic E-state index is 12.9. The summed E-state index contributed by atoms with van der Waals surface area (Å²) in [6.45, 7) is 4.73. The van der Waals surface area contributed by atoms with Crippen molar-refractivity contribution in [2.24, 2.45) is 5.92 Å². The lowest BCUT2D eigenvalue weighted by atomic mass is 9.97. The molecule has 7 heteroatoms. The minimum atomic E-state index is -0.297. The second-order valence-electron chi connectivity index (χ2n) is 6.56. The van der Waals surface area contributed by atoms with Gasteiger partial charge < -0.3 is 15.0 Å².